The molecule has 136 heavy (non-hydrogen) atoms. The second-order valence-electron chi connectivity index (χ2n) is 23.0. The van der Waals surface area contributed by atoms with E-state index in [1.807, 2.05) is 0 Å². The molecule has 0 heterocycles. The summed E-state index contributed by atoms with van der Waals surface area (Å²) in [4.78, 5) is 77.8. The number of ether oxygens (including phenoxy) is 8. The summed E-state index contributed by atoms with van der Waals surface area (Å²) >= 11 is 69.2. The molecular weight excluding hydrogens is 3460 g/mol. The van der Waals surface area contributed by atoms with Gasteiger partial charge in [0.1, 0.15) is 162 Å². The normalized spacial score (nSPS) is 11.3. The monoisotopic (exact) mass is 3470 g/mol. The molecule has 0 fully saturated rings. The first-order valence-electron chi connectivity index (χ1n) is 32.1. The Morgan fingerprint density at radius 3 is 0.831 bits per heavy atom. The topological polar surface area (TPSA) is 712 Å². The Hall–Kier alpha value is -0.910. The molecular formula is C64H36Br22O42S8-8. The summed E-state index contributed by atoms with van der Waals surface area (Å²) in [7, 11) is -36.9. The summed E-state index contributed by atoms with van der Waals surface area (Å²) in [5, 5.41) is 28.6. The summed E-state index contributed by atoms with van der Waals surface area (Å²) in [5.41, 5.74) is 0. The maximum Gasteiger partial charge on any atom is 0.325 e. The van der Waals surface area contributed by atoms with Gasteiger partial charge >= 0.3 is 41.8 Å². The van der Waals surface area contributed by atoms with E-state index in [1.165, 1.54) is 36.4 Å². The summed E-state index contributed by atoms with van der Waals surface area (Å²) in [6.45, 7) is -0.285. The van der Waals surface area contributed by atoms with Crippen molar-refractivity contribution in [2.75, 3.05) is 52.6 Å². The van der Waals surface area contributed by atoms with Crippen LogP contribution in [0.4, 0.5) is 0 Å². The van der Waals surface area contributed by atoms with Crippen LogP contribution >= 0.6 is 350 Å². The van der Waals surface area contributed by atoms with Crippen LogP contribution in [0.5, 0.6) is 63.2 Å². The van der Waals surface area contributed by atoms with Gasteiger partial charge in [-0.3, -0.25) is 33.6 Å². The van der Waals surface area contributed by atoms with Crippen LogP contribution < -0.4 is 37.9 Å². The van der Waals surface area contributed by atoms with Crippen molar-refractivity contribution in [3.63, 3.8) is 0 Å². The van der Waals surface area contributed by atoms with Gasteiger partial charge in [-0.15, -0.1) is 0 Å². The Morgan fingerprint density at radius 2 is 0.507 bits per heavy atom. The number of carbonyl (C=O) groups excluding carboxylic acids is 7. The molecule has 8 aromatic carbocycles. The first-order valence-corrected chi connectivity index (χ1v) is 62.2. The molecule has 0 aliphatic heterocycles. The van der Waals surface area contributed by atoms with Crippen LogP contribution in [0, 0.1) is 0 Å². The van der Waals surface area contributed by atoms with E-state index in [1.54, 1.807) is 54.6 Å². The number of rotatable bonds is 25. The number of esters is 7. The third-order valence-electron chi connectivity index (χ3n) is 12.3. The maximum absolute atomic E-state index is 11.4. The van der Waals surface area contributed by atoms with E-state index in [0.29, 0.717) is 62.6 Å². The summed E-state index contributed by atoms with van der Waals surface area (Å²) < 4.78 is 296. The molecule has 0 spiro atoms. The molecule has 0 saturated heterocycles. The van der Waals surface area contributed by atoms with Gasteiger partial charge in [-0.2, -0.15) is 0 Å². The minimum Gasteiger partial charge on any atom is -0.748 e. The molecule has 3 N–H and O–H groups in total. The van der Waals surface area contributed by atoms with Crippen molar-refractivity contribution >= 4 is 473 Å². The predicted octanol–water partition coefficient (Wildman–Crippen LogP) is 17.5. The van der Waals surface area contributed by atoms with E-state index in [0.717, 1.165) is 13.4 Å². The van der Waals surface area contributed by atoms with Crippen molar-refractivity contribution in [2.24, 2.45) is 0 Å². The Morgan fingerprint density at radius 1 is 0.243 bits per heavy atom. The fourth-order valence-electron chi connectivity index (χ4n) is 7.23. The highest BCUT2D eigenvalue weighted by Crippen LogP contribution is 2.53. The number of hydrogen-bond donors (Lipinski definition) is 3. The predicted molar refractivity (Wildman–Crippen MR) is 547 cm³/mol. The van der Waals surface area contributed by atoms with E-state index < -0.39 is 169 Å². The molecule has 0 atom stereocenters. The average molecular weight is 3490 g/mol. The van der Waals surface area contributed by atoms with E-state index in [4.69, 9.17) is 28.4 Å². The van der Waals surface area contributed by atoms with Gasteiger partial charge in [0.15, 0.2) is 23.0 Å². The van der Waals surface area contributed by atoms with Crippen molar-refractivity contribution < 1.29 is 191 Å². The molecule has 0 radical (unpaired) electrons. The van der Waals surface area contributed by atoms with Gasteiger partial charge in [0.05, 0.1) is 91.9 Å². The smallest absolute Gasteiger partial charge is 0.325 e. The van der Waals surface area contributed by atoms with Gasteiger partial charge in [0.2, 0.25) is 0 Å². The molecule has 72 heteroatoms. The quantitative estimate of drug-likeness (QED) is 0.0157. The lowest BCUT2D eigenvalue weighted by Crippen LogP contribution is -2.20. The molecule has 0 aliphatic rings. The van der Waals surface area contributed by atoms with Crippen LogP contribution in [0.25, 0.3) is 0 Å². The van der Waals surface area contributed by atoms with Crippen LogP contribution in [0.2, 0.25) is 0 Å². The lowest BCUT2D eigenvalue weighted by atomic mass is 10.3. The molecule has 0 bridgehead atoms. The second-order valence-corrected chi connectivity index (χ2v) is 52.4. The zero-order chi connectivity index (χ0) is 106. The van der Waals surface area contributed by atoms with Crippen LogP contribution in [0.1, 0.15) is 0 Å². The number of aromatic hydroxyl groups is 3. The number of halogens is 22. The number of phenols is 3. The lowest BCUT2D eigenvalue weighted by molar-refractivity contribution is -0.132. The summed E-state index contributed by atoms with van der Waals surface area (Å²) in [6.07, 6.45) is 0. The van der Waals surface area contributed by atoms with Crippen LogP contribution in [-0.4, -0.2) is 213 Å². The molecule has 0 aromatic heterocycles. The zero-order valence-corrected chi connectivity index (χ0v) is 105. The van der Waals surface area contributed by atoms with Crippen molar-refractivity contribution in [2.45, 2.75) is 0 Å². The maximum atomic E-state index is 11.4. The second kappa shape index (κ2) is 59.9. The van der Waals surface area contributed by atoms with Gasteiger partial charge < -0.3 is 89.6 Å². The number of carbonyl (C=O) groups is 7. The summed E-state index contributed by atoms with van der Waals surface area (Å²) in [5.74, 6) is -16.8. The standard InChI is InChI=1S/C8H3Br5O5S.C8H4Br4O6S.C8H6Br4O5S.C8H5Br3O5S.2C8H6Br2O5S.C8H7BrO6S.C8H7BrO5S/c9-3-4(10)6(12)8(7(13)5(3)11)18-2(14)1-19(15,16)17;9-3-5(11)8(6(12)4(10)7(3)14)18-2(13)1-19(15,16)17;9-3-5(11)8(6(12)4(10)7(3)13)17-1-2-18(14,15)16;9-4-1-5(10)8(6(11)2-4)16-7(12)3-17(13,14)15;9-5-1-2-7(6(10)3-5)15-8(11)4-16(12,13)14;9-5-2-1-3-6(10)8(5)15-7(11)4-16(12,13)14;9-8-5(10)2-1-3-6(8)15-7(11)4-16(12,13)14;9-6-1-3-7(4-2-6)14-8(10)5-15(11,12)13/h1H2,(H,15,16,17);14H,1H2,(H,15,16,17);13H,1-2H2,(H,14,15,16);1-2H,3H2,(H,13,14,15);2*1-3H,4H2,(H,12,13,14);1-3,10H,4H2,(H,12,13,14);1-4H,5H2,(H,11,12,13)/p-8. The van der Waals surface area contributed by atoms with E-state index in [-0.39, 0.29) is 92.2 Å². The highest BCUT2D eigenvalue weighted by molar-refractivity contribution is 9.17. The van der Waals surface area contributed by atoms with Crippen LogP contribution in [-0.2, 0) is 115 Å². The molecule has 8 aromatic rings. The molecule has 754 valence electrons. The van der Waals surface area contributed by atoms with E-state index >= 15 is 0 Å². The van der Waals surface area contributed by atoms with Crippen LogP contribution in [0.3, 0.4) is 0 Å². The van der Waals surface area contributed by atoms with Gasteiger partial charge in [-0.1, -0.05) is 59.9 Å². The fraction of sp³-hybridized carbons (Fsp3) is 0.141. The van der Waals surface area contributed by atoms with Crippen molar-refractivity contribution in [3.05, 3.63) is 189 Å². The molecule has 8 rings (SSSR count). The third-order valence-corrected chi connectivity index (χ3v) is 36.7. The molecule has 0 aliphatic carbocycles. The number of benzene rings is 8. The first-order chi connectivity index (χ1) is 61.7. The van der Waals surface area contributed by atoms with Gasteiger partial charge in [0.25, 0.3) is 0 Å². The van der Waals surface area contributed by atoms with E-state index in [2.05, 4.69) is 360 Å². The molecule has 42 nitrogen and oxygen atoms in total. The third kappa shape index (κ3) is 53.6. The van der Waals surface area contributed by atoms with Crippen molar-refractivity contribution in [1.82, 2.24) is 0 Å². The van der Waals surface area contributed by atoms with Crippen LogP contribution in [0.15, 0.2) is 189 Å². The van der Waals surface area contributed by atoms with E-state index in [9.17, 15) is 153 Å². The van der Waals surface area contributed by atoms with Crippen molar-refractivity contribution in [3.8, 4) is 63.2 Å². The Kier molecular flexibility index (Phi) is 58.6. The first kappa shape index (κ1) is 133. The molecule has 0 saturated carbocycles. The lowest BCUT2D eigenvalue weighted by Gasteiger charge is -2.15. The molecule has 0 amide bonds. The number of para-hydroxylation sites is 1. The van der Waals surface area contributed by atoms with Crippen molar-refractivity contribution in [1.29, 1.82) is 0 Å². The Labute approximate surface area is 954 Å². The fourth-order valence-corrected chi connectivity index (χ4v) is 23.0. The largest absolute Gasteiger partial charge is 0.748 e. The van der Waals surface area contributed by atoms with Gasteiger partial charge in [0, 0.05) is 17.9 Å². The van der Waals surface area contributed by atoms with Gasteiger partial charge in [-0.05, 0) is 382 Å². The molecule has 0 unspecified atom stereocenters. The highest BCUT2D eigenvalue weighted by Gasteiger charge is 2.27. The SMILES string of the molecule is O=C(CS(=O)(=O)[O-])Oc1c(Br)c(Br)c(Br)c(Br)c1Br.O=C(CS(=O)(=O)[O-])Oc1c(Br)c(Br)c(O)c(Br)c1Br.O=C(CS(=O)(=O)[O-])Oc1c(Br)cc(Br)cc1Br.O=C(CS(=O)(=O)[O-])Oc1c(Br)cccc1Br.O=C(CS(=O)(=O)[O-])Oc1ccc(Br)cc1.O=C(CS(=O)(=O)[O-])Oc1ccc(Br)cc1Br.O=C(CS(=O)(=O)[O-])Oc1cccc(O)c1Br.O=S(=O)([O-])CCOc1c(Br)c(Br)c(O)c(Br)c1Br. The number of hydrogen-bond acceptors (Lipinski definition) is 42. The average Bonchev–Trinajstić information content (AvgIpc) is 0.783. The minimum absolute atomic E-state index is 0.0439. The highest BCUT2D eigenvalue weighted by atomic mass is 79.9. The Bertz CT molecular complexity index is 6570. The summed E-state index contributed by atoms with van der Waals surface area (Å²) in [6, 6.07) is 23.1. The van der Waals surface area contributed by atoms with Gasteiger partial charge in [-0.25, -0.2) is 67.3 Å². The zero-order valence-electron chi connectivity index (χ0n) is 63.9. The number of phenolic OH excluding ortho intramolecular Hbond substituents is 3. The Balaban J connectivity index is 0.000000778. The minimum atomic E-state index is -4.73.